The van der Waals surface area contributed by atoms with Crippen LogP contribution in [0, 0.1) is 0 Å². The van der Waals surface area contributed by atoms with E-state index in [2.05, 4.69) is 5.32 Å². The van der Waals surface area contributed by atoms with E-state index < -0.39 is 0 Å². The van der Waals surface area contributed by atoms with Gasteiger partial charge in [-0.1, -0.05) is 6.07 Å². The van der Waals surface area contributed by atoms with E-state index in [0.29, 0.717) is 32.6 Å². The van der Waals surface area contributed by atoms with Gasteiger partial charge in [-0.3, -0.25) is 4.79 Å². The van der Waals surface area contributed by atoms with Crippen LogP contribution in [0.25, 0.3) is 0 Å². The zero-order valence-corrected chi connectivity index (χ0v) is 11.1. The van der Waals surface area contributed by atoms with E-state index >= 15 is 0 Å². The summed E-state index contributed by atoms with van der Waals surface area (Å²) in [6, 6.07) is 5.82. The number of rotatable bonds is 5. The highest BCUT2D eigenvalue weighted by Gasteiger charge is 2.12. The van der Waals surface area contributed by atoms with Crippen LogP contribution in [-0.4, -0.2) is 31.7 Å². The number of amides is 1. The molecule has 19 heavy (non-hydrogen) atoms. The summed E-state index contributed by atoms with van der Waals surface area (Å²) >= 11 is 0. The fourth-order valence-electron chi connectivity index (χ4n) is 1.91. The summed E-state index contributed by atoms with van der Waals surface area (Å²) in [5, 5.41) is 2.84. The molecule has 0 saturated heterocycles. The number of benzene rings is 1. The van der Waals surface area contributed by atoms with Crippen LogP contribution in [0.15, 0.2) is 18.2 Å². The Morgan fingerprint density at radius 1 is 1.37 bits per heavy atom. The van der Waals surface area contributed by atoms with Crippen molar-refractivity contribution in [1.82, 2.24) is 5.32 Å². The first-order chi connectivity index (χ1) is 9.19. The van der Waals surface area contributed by atoms with Crippen molar-refractivity contribution in [3.63, 3.8) is 0 Å². The molecule has 3 N–H and O–H groups in total. The van der Waals surface area contributed by atoms with Crippen molar-refractivity contribution >= 4 is 5.91 Å². The molecule has 1 aliphatic heterocycles. The van der Waals surface area contributed by atoms with Gasteiger partial charge in [0, 0.05) is 19.0 Å². The first-order valence-electron chi connectivity index (χ1n) is 6.57. The number of carbonyl (C=O) groups is 1. The number of hydrogen-bond acceptors (Lipinski definition) is 4. The van der Waals surface area contributed by atoms with Crippen molar-refractivity contribution in [2.45, 2.75) is 25.8 Å². The van der Waals surface area contributed by atoms with Crippen LogP contribution in [0.1, 0.15) is 18.9 Å². The summed E-state index contributed by atoms with van der Waals surface area (Å²) in [5.74, 6) is 1.56. The Kier molecular flexibility index (Phi) is 4.63. The molecule has 0 saturated carbocycles. The summed E-state index contributed by atoms with van der Waals surface area (Å²) < 4.78 is 11.0. The Hall–Kier alpha value is -1.75. The minimum absolute atomic E-state index is 0.0211. The molecular weight excluding hydrogens is 244 g/mol. The second kappa shape index (κ2) is 6.43. The third-order valence-corrected chi connectivity index (χ3v) is 3.01. The lowest BCUT2D eigenvalue weighted by molar-refractivity contribution is -0.121. The van der Waals surface area contributed by atoms with Crippen LogP contribution in [-0.2, 0) is 11.2 Å². The summed E-state index contributed by atoms with van der Waals surface area (Å²) in [5.41, 5.74) is 6.53. The average molecular weight is 264 g/mol. The Morgan fingerprint density at radius 3 is 2.84 bits per heavy atom. The fourth-order valence-corrected chi connectivity index (χ4v) is 1.91. The number of ether oxygens (including phenoxy) is 2. The molecule has 104 valence electrons. The molecular formula is C14H20N2O3. The van der Waals surface area contributed by atoms with Crippen molar-refractivity contribution in [3.05, 3.63) is 23.8 Å². The lowest BCUT2D eigenvalue weighted by atomic mass is 10.1. The van der Waals surface area contributed by atoms with Gasteiger partial charge in [0.05, 0.1) is 0 Å². The number of fused-ring (bicyclic) bond motifs is 1. The number of nitrogens with one attached hydrogen (secondary N) is 1. The molecule has 5 heteroatoms. The Morgan fingerprint density at radius 2 is 2.11 bits per heavy atom. The van der Waals surface area contributed by atoms with Crippen LogP contribution in [0.4, 0.5) is 0 Å². The molecule has 0 bridgehead atoms. The topological polar surface area (TPSA) is 73.6 Å². The largest absolute Gasteiger partial charge is 0.486 e. The molecule has 5 nitrogen and oxygen atoms in total. The molecule has 1 heterocycles. The predicted octanol–water partition coefficient (Wildman–Crippen LogP) is 0.854. The van der Waals surface area contributed by atoms with Gasteiger partial charge in [-0.05, 0) is 31.0 Å². The van der Waals surface area contributed by atoms with E-state index in [1.54, 1.807) is 0 Å². The molecule has 2 rings (SSSR count). The molecule has 0 fully saturated rings. The third kappa shape index (κ3) is 3.86. The van der Waals surface area contributed by atoms with Gasteiger partial charge in [-0.15, -0.1) is 0 Å². The minimum atomic E-state index is 0.0211. The lowest BCUT2D eigenvalue weighted by Gasteiger charge is -2.19. The molecule has 1 aromatic rings. The van der Waals surface area contributed by atoms with E-state index in [1.165, 1.54) is 0 Å². The minimum Gasteiger partial charge on any atom is -0.486 e. The second-order valence-electron chi connectivity index (χ2n) is 4.68. The van der Waals surface area contributed by atoms with E-state index in [4.69, 9.17) is 15.2 Å². The van der Waals surface area contributed by atoms with Gasteiger partial charge >= 0.3 is 0 Å². The summed E-state index contributed by atoms with van der Waals surface area (Å²) in [6.45, 7) is 3.51. The molecule has 0 radical (unpaired) electrons. The van der Waals surface area contributed by atoms with Crippen LogP contribution >= 0.6 is 0 Å². The zero-order chi connectivity index (χ0) is 13.7. The lowest BCUT2D eigenvalue weighted by Crippen LogP contribution is -2.37. The predicted molar refractivity (Wildman–Crippen MR) is 72.4 cm³/mol. The summed E-state index contributed by atoms with van der Waals surface area (Å²) in [7, 11) is 0. The molecule has 1 aliphatic rings. The molecule has 1 aromatic carbocycles. The fraction of sp³-hybridized carbons (Fsp3) is 0.500. The van der Waals surface area contributed by atoms with Gasteiger partial charge in [0.15, 0.2) is 11.5 Å². The molecule has 1 atom stereocenters. The summed E-state index contributed by atoms with van der Waals surface area (Å²) in [6.07, 6.45) is 1.13. The van der Waals surface area contributed by atoms with Crippen LogP contribution < -0.4 is 20.5 Å². The van der Waals surface area contributed by atoms with E-state index in [-0.39, 0.29) is 11.9 Å². The van der Waals surface area contributed by atoms with E-state index in [9.17, 15) is 4.79 Å². The van der Waals surface area contributed by atoms with Crippen LogP contribution in [0.3, 0.4) is 0 Å². The summed E-state index contributed by atoms with van der Waals surface area (Å²) in [4.78, 5) is 11.7. The molecule has 0 aromatic heterocycles. The maximum absolute atomic E-state index is 11.7. The highest BCUT2D eigenvalue weighted by Crippen LogP contribution is 2.30. The van der Waals surface area contributed by atoms with Crippen molar-refractivity contribution < 1.29 is 14.3 Å². The monoisotopic (exact) mass is 264 g/mol. The number of nitrogens with two attached hydrogens (primary N) is 1. The van der Waals surface area contributed by atoms with Crippen molar-refractivity contribution in [3.8, 4) is 11.5 Å². The second-order valence-corrected chi connectivity index (χ2v) is 4.68. The highest BCUT2D eigenvalue weighted by atomic mass is 16.6. The third-order valence-electron chi connectivity index (χ3n) is 3.01. The van der Waals surface area contributed by atoms with Gasteiger partial charge in [0.2, 0.25) is 5.91 Å². The van der Waals surface area contributed by atoms with Gasteiger partial charge in [-0.25, -0.2) is 0 Å². The molecule has 0 aliphatic carbocycles. The number of aryl methyl sites for hydroxylation is 1. The van der Waals surface area contributed by atoms with Crippen LogP contribution in [0.5, 0.6) is 11.5 Å². The molecule has 1 unspecified atom stereocenters. The van der Waals surface area contributed by atoms with Gasteiger partial charge in [0.25, 0.3) is 0 Å². The highest BCUT2D eigenvalue weighted by molar-refractivity contribution is 5.76. The smallest absolute Gasteiger partial charge is 0.220 e. The number of carbonyl (C=O) groups excluding carboxylic acids is 1. The quantitative estimate of drug-likeness (QED) is 0.827. The van der Waals surface area contributed by atoms with E-state index in [0.717, 1.165) is 17.1 Å². The van der Waals surface area contributed by atoms with Gasteiger partial charge in [0.1, 0.15) is 13.2 Å². The standard InChI is InChI=1S/C14H20N2O3/c1-10(9-15)16-14(17)5-3-11-2-4-12-13(8-11)19-7-6-18-12/h2,4,8,10H,3,5-7,9,15H2,1H3,(H,16,17). The Bertz CT molecular complexity index is 448. The first kappa shape index (κ1) is 13.7. The van der Waals surface area contributed by atoms with Crippen molar-refractivity contribution in [2.24, 2.45) is 5.73 Å². The van der Waals surface area contributed by atoms with Gasteiger partial charge in [-0.2, -0.15) is 0 Å². The normalized spacial score (nSPS) is 14.8. The van der Waals surface area contributed by atoms with Crippen molar-refractivity contribution in [1.29, 1.82) is 0 Å². The molecule has 0 spiro atoms. The maximum atomic E-state index is 11.7. The van der Waals surface area contributed by atoms with E-state index in [1.807, 2.05) is 25.1 Å². The average Bonchev–Trinajstić information content (AvgIpc) is 2.44. The molecule has 1 amide bonds. The first-order valence-corrected chi connectivity index (χ1v) is 6.57. The zero-order valence-electron chi connectivity index (χ0n) is 11.1. The van der Waals surface area contributed by atoms with Gasteiger partial charge < -0.3 is 20.5 Å². The Balaban J connectivity index is 1.87. The van der Waals surface area contributed by atoms with Crippen molar-refractivity contribution in [2.75, 3.05) is 19.8 Å². The number of hydrogen-bond donors (Lipinski definition) is 2. The van der Waals surface area contributed by atoms with Crippen LogP contribution in [0.2, 0.25) is 0 Å². The SMILES string of the molecule is CC(CN)NC(=O)CCc1ccc2c(c1)OCCO2. The Labute approximate surface area is 113 Å². The maximum Gasteiger partial charge on any atom is 0.220 e.